The number of para-hydroxylation sites is 1. The van der Waals surface area contributed by atoms with Crippen molar-refractivity contribution >= 4 is 80.8 Å². The Balaban J connectivity index is -0.000000163. The minimum atomic E-state index is 0. The maximum absolute atomic E-state index is 8.63. The first-order valence-corrected chi connectivity index (χ1v) is 2.13. The van der Waals surface area contributed by atoms with E-state index >= 15 is 0 Å². The van der Waals surface area contributed by atoms with Gasteiger partial charge in [-0.1, -0.05) is 18.2 Å². The number of benzene rings is 1. The average molecular weight is 252 g/mol. The molecule has 0 saturated heterocycles. The first kappa shape index (κ1) is 17.5. The summed E-state index contributed by atoms with van der Waals surface area (Å²) in [6.45, 7) is 0. The Morgan fingerprint density at radius 2 is 1.40 bits per heavy atom. The van der Waals surface area contributed by atoms with Crippen LogP contribution >= 0.6 is 29.4 Å². The van der Waals surface area contributed by atoms with Gasteiger partial charge < -0.3 is 5.11 Å². The van der Waals surface area contributed by atoms with Crippen LogP contribution in [0.2, 0.25) is 0 Å². The molecule has 1 aromatic carbocycles. The van der Waals surface area contributed by atoms with Gasteiger partial charge in [0, 0.05) is 0 Å². The summed E-state index contributed by atoms with van der Waals surface area (Å²) in [6, 6.07) is 8.71. The second-order valence-corrected chi connectivity index (χ2v) is 1.34. The van der Waals surface area contributed by atoms with Gasteiger partial charge in [-0.15, -0.1) is 29.4 Å². The number of hydrogen-bond donors (Lipinski definition) is 1. The van der Waals surface area contributed by atoms with Gasteiger partial charge in [0.05, 0.1) is 0 Å². The average Bonchev–Trinajstić information content (AvgIpc) is 1.69. The monoisotopic (exact) mass is 250 g/mol. The predicted molar refractivity (Wildman–Crippen MR) is 52.8 cm³/mol. The zero-order chi connectivity index (χ0) is 5.11. The molecule has 0 aliphatic heterocycles. The Hall–Kier alpha value is 1.43. The van der Waals surface area contributed by atoms with Crippen molar-refractivity contribution in [3.63, 3.8) is 0 Å². The van der Waals surface area contributed by atoms with Crippen molar-refractivity contribution in [1.82, 2.24) is 0 Å². The molecule has 0 saturated carbocycles. The zero-order valence-corrected chi connectivity index (χ0v) is 7.18. The van der Waals surface area contributed by atoms with Gasteiger partial charge in [0.15, 0.2) is 0 Å². The number of phenolic OH excluding ortho intramolecular Hbond substituents is 1. The molecule has 0 bridgehead atoms. The van der Waals surface area contributed by atoms with E-state index in [4.69, 9.17) is 5.11 Å². The van der Waals surface area contributed by atoms with Crippen LogP contribution in [0.5, 0.6) is 5.75 Å². The SMILES string of the molecule is Br.Cl.Oc1ccccc1.[KH]. The Morgan fingerprint density at radius 1 is 1.00 bits per heavy atom. The summed E-state index contributed by atoms with van der Waals surface area (Å²) in [4.78, 5) is 0. The first-order valence-electron chi connectivity index (χ1n) is 2.13. The van der Waals surface area contributed by atoms with Gasteiger partial charge in [-0.3, -0.25) is 0 Å². The Kier molecular flexibility index (Phi) is 18.2. The molecule has 0 aliphatic carbocycles. The standard InChI is InChI=1S/C6H6O.BrH.ClH.K.H/c7-6-4-2-1-3-5-6;;;;/h1-5,7H;2*1H;;. The molecule has 0 heterocycles. The van der Waals surface area contributed by atoms with Crippen LogP contribution in [-0.4, -0.2) is 56.5 Å². The van der Waals surface area contributed by atoms with E-state index in [0.29, 0.717) is 5.75 Å². The molecular weight excluding hydrogens is 243 g/mol. The van der Waals surface area contributed by atoms with E-state index in [9.17, 15) is 0 Å². The van der Waals surface area contributed by atoms with Crippen LogP contribution < -0.4 is 0 Å². The van der Waals surface area contributed by atoms with Crippen LogP contribution in [0.25, 0.3) is 0 Å². The van der Waals surface area contributed by atoms with Gasteiger partial charge in [0.1, 0.15) is 5.75 Å². The molecule has 4 heteroatoms. The van der Waals surface area contributed by atoms with Gasteiger partial charge >= 0.3 is 51.4 Å². The molecule has 0 spiro atoms. The number of phenols is 1. The number of hydrogen-bond acceptors (Lipinski definition) is 1. The van der Waals surface area contributed by atoms with Crippen LogP contribution in [0.1, 0.15) is 0 Å². The van der Waals surface area contributed by atoms with Crippen molar-refractivity contribution in [3.8, 4) is 5.75 Å². The molecule has 54 valence electrons. The third-order valence-corrected chi connectivity index (χ3v) is 0.756. The van der Waals surface area contributed by atoms with Crippen LogP contribution in [-0.2, 0) is 0 Å². The summed E-state index contributed by atoms with van der Waals surface area (Å²) in [7, 11) is 0. The van der Waals surface area contributed by atoms with Crippen LogP contribution in [0.15, 0.2) is 30.3 Å². The topological polar surface area (TPSA) is 20.2 Å². The summed E-state index contributed by atoms with van der Waals surface area (Å²) in [6.07, 6.45) is 0. The maximum atomic E-state index is 8.63. The van der Waals surface area contributed by atoms with E-state index < -0.39 is 0 Å². The summed E-state index contributed by atoms with van der Waals surface area (Å²) in [5.41, 5.74) is 0. The summed E-state index contributed by atoms with van der Waals surface area (Å²) < 4.78 is 0. The molecule has 1 N–H and O–H groups in total. The van der Waals surface area contributed by atoms with Crippen molar-refractivity contribution in [1.29, 1.82) is 0 Å². The molecule has 1 aromatic rings. The fraction of sp³-hybridized carbons (Fsp3) is 0. The molecule has 0 unspecified atom stereocenters. The van der Waals surface area contributed by atoms with E-state index in [2.05, 4.69) is 0 Å². The number of aromatic hydroxyl groups is 1. The van der Waals surface area contributed by atoms with Crippen LogP contribution in [0.3, 0.4) is 0 Å². The van der Waals surface area contributed by atoms with Crippen molar-refractivity contribution in [2.45, 2.75) is 0 Å². The Morgan fingerprint density at radius 3 is 1.60 bits per heavy atom. The third-order valence-electron chi connectivity index (χ3n) is 0.756. The Bertz CT molecular complexity index is 148. The predicted octanol–water partition coefficient (Wildman–Crippen LogP) is 1.74. The molecule has 0 amide bonds. The van der Waals surface area contributed by atoms with Crippen LogP contribution in [0.4, 0.5) is 0 Å². The van der Waals surface area contributed by atoms with Crippen molar-refractivity contribution in [2.24, 2.45) is 0 Å². The number of halogens is 2. The summed E-state index contributed by atoms with van der Waals surface area (Å²) in [5.74, 6) is 0.322. The fourth-order valence-corrected chi connectivity index (χ4v) is 0.428. The van der Waals surface area contributed by atoms with Gasteiger partial charge in [0.25, 0.3) is 0 Å². The minimum absolute atomic E-state index is 0. The van der Waals surface area contributed by atoms with Gasteiger partial charge in [0.2, 0.25) is 0 Å². The van der Waals surface area contributed by atoms with E-state index in [1.807, 2.05) is 6.07 Å². The molecule has 0 aliphatic rings. The van der Waals surface area contributed by atoms with E-state index in [1.54, 1.807) is 24.3 Å². The second kappa shape index (κ2) is 10.4. The van der Waals surface area contributed by atoms with E-state index in [0.717, 1.165) is 0 Å². The molecule has 1 nitrogen and oxygen atoms in total. The van der Waals surface area contributed by atoms with Crippen molar-refractivity contribution in [3.05, 3.63) is 30.3 Å². The normalized spacial score (nSPS) is 6.00. The van der Waals surface area contributed by atoms with Gasteiger partial charge in [-0.05, 0) is 12.1 Å². The molecule has 0 radical (unpaired) electrons. The quantitative estimate of drug-likeness (QED) is 0.697. The van der Waals surface area contributed by atoms with E-state index in [1.165, 1.54) is 0 Å². The molecular formula is C6H9BrClKO. The van der Waals surface area contributed by atoms with Gasteiger partial charge in [-0.2, -0.15) is 0 Å². The summed E-state index contributed by atoms with van der Waals surface area (Å²) in [5, 5.41) is 8.63. The first-order chi connectivity index (χ1) is 3.39. The molecule has 0 fully saturated rings. The van der Waals surface area contributed by atoms with Crippen molar-refractivity contribution < 1.29 is 5.11 Å². The molecule has 1 rings (SSSR count). The molecule has 10 heavy (non-hydrogen) atoms. The Labute approximate surface area is 120 Å². The second-order valence-electron chi connectivity index (χ2n) is 1.34. The fourth-order valence-electron chi connectivity index (χ4n) is 0.428. The zero-order valence-electron chi connectivity index (χ0n) is 4.65. The summed E-state index contributed by atoms with van der Waals surface area (Å²) >= 11 is 0. The molecule has 0 atom stereocenters. The van der Waals surface area contributed by atoms with Crippen molar-refractivity contribution in [2.75, 3.05) is 0 Å². The van der Waals surface area contributed by atoms with E-state index in [-0.39, 0.29) is 80.8 Å². The van der Waals surface area contributed by atoms with Gasteiger partial charge in [-0.25, -0.2) is 0 Å². The van der Waals surface area contributed by atoms with Crippen LogP contribution in [0, 0.1) is 0 Å². The molecule has 0 aromatic heterocycles. The number of rotatable bonds is 0. The third kappa shape index (κ3) is 7.53.